The molecule has 4 N–H and O–H groups in total. The molecule has 0 saturated carbocycles. The highest BCUT2D eigenvalue weighted by atomic mass is 19.1. The van der Waals surface area contributed by atoms with Crippen molar-refractivity contribution in [2.75, 3.05) is 18.0 Å². The van der Waals surface area contributed by atoms with E-state index >= 15 is 0 Å². The Morgan fingerprint density at radius 1 is 1.31 bits per heavy atom. The third-order valence-electron chi connectivity index (χ3n) is 7.06. The van der Waals surface area contributed by atoms with Gasteiger partial charge in [-0.05, 0) is 56.3 Å². The maximum atomic E-state index is 13.8. The third-order valence-corrected chi connectivity index (χ3v) is 7.06. The Hall–Kier alpha value is -4.37. The summed E-state index contributed by atoms with van der Waals surface area (Å²) in [5.41, 5.74) is 6.42. The molecule has 1 aliphatic heterocycles. The number of hydrogen-bond acceptors (Lipinski definition) is 6. The number of H-pyrrole nitrogens is 1. The molecule has 0 radical (unpaired) electrons. The molecule has 12 heteroatoms. The number of hydrogen-bond donors (Lipinski definition) is 3. The van der Waals surface area contributed by atoms with Crippen molar-refractivity contribution < 1.29 is 9.18 Å². The van der Waals surface area contributed by atoms with Crippen molar-refractivity contribution in [1.29, 1.82) is 0 Å². The van der Waals surface area contributed by atoms with Crippen LogP contribution in [0.3, 0.4) is 0 Å². The summed E-state index contributed by atoms with van der Waals surface area (Å²) in [6.07, 6.45) is 1.60. The Labute approximate surface area is 223 Å². The van der Waals surface area contributed by atoms with Crippen LogP contribution in [-0.4, -0.2) is 54.7 Å². The first kappa shape index (κ1) is 26.2. The van der Waals surface area contributed by atoms with Gasteiger partial charge in [0.2, 0.25) is 11.9 Å². The molecule has 1 aliphatic rings. The fourth-order valence-electron chi connectivity index (χ4n) is 5.07. The van der Waals surface area contributed by atoms with Gasteiger partial charge >= 0.3 is 5.69 Å². The minimum absolute atomic E-state index is 0.0210. The number of rotatable bonds is 6. The van der Waals surface area contributed by atoms with Crippen LogP contribution in [0.15, 0.2) is 33.9 Å². The predicted octanol–water partition coefficient (Wildman–Crippen LogP) is 1.02. The number of aromatic amines is 1. The summed E-state index contributed by atoms with van der Waals surface area (Å²) in [5.74, 6) is 5.79. The molecule has 11 nitrogen and oxygen atoms in total. The Morgan fingerprint density at radius 3 is 2.85 bits per heavy atom. The summed E-state index contributed by atoms with van der Waals surface area (Å²) in [4.78, 5) is 49.2. The lowest BCUT2D eigenvalue weighted by Crippen LogP contribution is -2.51. The molecule has 2 atom stereocenters. The molecule has 1 fully saturated rings. The molecule has 39 heavy (non-hydrogen) atoms. The van der Waals surface area contributed by atoms with E-state index in [0.29, 0.717) is 30.2 Å². The van der Waals surface area contributed by atoms with Crippen LogP contribution in [0.1, 0.15) is 32.4 Å². The maximum absolute atomic E-state index is 13.8. The highest BCUT2D eigenvalue weighted by Gasteiger charge is 2.28. The van der Waals surface area contributed by atoms with Crippen molar-refractivity contribution in [3.8, 4) is 11.8 Å². The molecule has 0 bridgehead atoms. The van der Waals surface area contributed by atoms with Crippen molar-refractivity contribution in [3.05, 3.63) is 56.6 Å². The molecule has 0 aliphatic carbocycles. The van der Waals surface area contributed by atoms with Crippen LogP contribution in [0, 0.1) is 17.7 Å². The van der Waals surface area contributed by atoms with Crippen molar-refractivity contribution in [1.82, 2.24) is 29.0 Å². The molecule has 4 heterocycles. The van der Waals surface area contributed by atoms with Gasteiger partial charge in [0.15, 0.2) is 11.2 Å². The van der Waals surface area contributed by atoms with E-state index in [1.165, 1.54) is 16.7 Å². The fourth-order valence-corrected chi connectivity index (χ4v) is 5.07. The highest BCUT2D eigenvalue weighted by Crippen LogP contribution is 2.24. The molecule has 4 aromatic rings. The van der Waals surface area contributed by atoms with E-state index in [0.717, 1.165) is 22.8 Å². The minimum Gasteiger partial charge on any atom is -0.357 e. The third kappa shape index (κ3) is 4.93. The van der Waals surface area contributed by atoms with Gasteiger partial charge in [-0.2, -0.15) is 4.98 Å². The maximum Gasteiger partial charge on any atom is 0.332 e. The number of fused-ring (bicyclic) bond motifs is 2. The van der Waals surface area contributed by atoms with Crippen LogP contribution in [0.4, 0.5) is 10.3 Å². The average molecular weight is 535 g/mol. The number of amides is 1. The number of carbonyl (C=O) groups is 1. The lowest BCUT2D eigenvalue weighted by atomic mass is 10.1. The minimum atomic E-state index is -0.617. The standard InChI is InChI=1S/C27H31FN8O3/c1-4-5-11-35-22-23(32-26(35)34-10-6-7-19(14-34)31-24(37)16(2)29)33(3)27(39)36(25(22)38)15-20-12-17-8-9-18(28)13-21(17)30-20/h8-9,12-13,16,19,30H,6-7,10-11,14-15,29H2,1-3H3,(H,31,37)/t16-,19+/m0/s1. The number of piperidine rings is 1. The number of nitrogens with one attached hydrogen (secondary N) is 2. The van der Waals surface area contributed by atoms with Crippen molar-refractivity contribution >= 4 is 33.9 Å². The monoisotopic (exact) mass is 534 g/mol. The number of imidazole rings is 1. The van der Waals surface area contributed by atoms with Gasteiger partial charge in [-0.25, -0.2) is 9.18 Å². The Bertz CT molecular complexity index is 1750. The van der Waals surface area contributed by atoms with Gasteiger partial charge in [0.1, 0.15) is 5.82 Å². The zero-order chi connectivity index (χ0) is 27.8. The number of halogens is 1. The van der Waals surface area contributed by atoms with E-state index in [1.54, 1.807) is 37.6 Å². The number of nitrogens with zero attached hydrogens (tertiary/aromatic N) is 5. The average Bonchev–Trinajstić information content (AvgIpc) is 3.49. The number of carbonyl (C=O) groups excluding carboxylic acids is 1. The molecule has 0 unspecified atom stereocenters. The molecule has 204 valence electrons. The smallest absolute Gasteiger partial charge is 0.332 e. The molecule has 0 spiro atoms. The second-order valence-electron chi connectivity index (χ2n) is 9.94. The first-order valence-electron chi connectivity index (χ1n) is 12.9. The molecular formula is C27H31FN8O3. The van der Waals surface area contributed by atoms with Crippen LogP contribution in [0.2, 0.25) is 0 Å². The van der Waals surface area contributed by atoms with Crippen LogP contribution in [0.25, 0.3) is 22.1 Å². The van der Waals surface area contributed by atoms with Crippen molar-refractivity contribution in [2.24, 2.45) is 12.8 Å². The predicted molar refractivity (Wildman–Crippen MR) is 147 cm³/mol. The van der Waals surface area contributed by atoms with Gasteiger partial charge in [-0.1, -0.05) is 5.92 Å². The van der Waals surface area contributed by atoms with Crippen LogP contribution in [0.5, 0.6) is 0 Å². The van der Waals surface area contributed by atoms with E-state index in [1.807, 2.05) is 4.90 Å². The second kappa shape index (κ2) is 10.4. The van der Waals surface area contributed by atoms with E-state index in [-0.39, 0.29) is 42.0 Å². The van der Waals surface area contributed by atoms with E-state index in [9.17, 15) is 18.8 Å². The lowest BCUT2D eigenvalue weighted by Gasteiger charge is -2.34. The summed E-state index contributed by atoms with van der Waals surface area (Å²) in [7, 11) is 1.58. The van der Waals surface area contributed by atoms with E-state index < -0.39 is 17.3 Å². The molecule has 5 rings (SSSR count). The van der Waals surface area contributed by atoms with E-state index in [2.05, 4.69) is 22.1 Å². The zero-order valence-electron chi connectivity index (χ0n) is 22.1. The normalized spacial score (nSPS) is 16.3. The Balaban J connectivity index is 1.59. The van der Waals surface area contributed by atoms with Crippen molar-refractivity contribution in [3.63, 3.8) is 0 Å². The van der Waals surface area contributed by atoms with Gasteiger partial charge in [0.25, 0.3) is 5.56 Å². The van der Waals surface area contributed by atoms with Crippen LogP contribution < -0.4 is 27.2 Å². The first-order valence-corrected chi connectivity index (χ1v) is 12.9. The quantitative estimate of drug-likeness (QED) is 0.316. The van der Waals surface area contributed by atoms with Gasteiger partial charge in [0, 0.05) is 37.4 Å². The molecule has 1 aromatic carbocycles. The largest absolute Gasteiger partial charge is 0.357 e. The van der Waals surface area contributed by atoms with Crippen LogP contribution >= 0.6 is 0 Å². The summed E-state index contributed by atoms with van der Waals surface area (Å²) >= 11 is 0. The number of aryl methyl sites for hydroxylation is 1. The summed E-state index contributed by atoms with van der Waals surface area (Å²) in [5, 5.41) is 3.76. The SMILES string of the molecule is CC#CCn1c(N2CCC[C@@H](NC(=O)[C@H](C)N)C2)nc2c1c(=O)n(Cc1cc3ccc(F)cc3[nH]1)c(=O)n2C. The summed E-state index contributed by atoms with van der Waals surface area (Å²) < 4.78 is 17.9. The van der Waals surface area contributed by atoms with Crippen molar-refractivity contribution in [2.45, 2.75) is 51.9 Å². The number of anilines is 1. The summed E-state index contributed by atoms with van der Waals surface area (Å²) in [6, 6.07) is 5.42. The molecular weight excluding hydrogens is 503 g/mol. The van der Waals surface area contributed by atoms with Gasteiger partial charge < -0.3 is 20.9 Å². The Kier molecular flexibility index (Phi) is 7.01. The fraction of sp³-hybridized carbons (Fsp3) is 0.407. The molecule has 1 amide bonds. The summed E-state index contributed by atoms with van der Waals surface area (Å²) in [6.45, 7) is 4.68. The highest BCUT2D eigenvalue weighted by molar-refractivity contribution is 5.81. The van der Waals surface area contributed by atoms with E-state index in [4.69, 9.17) is 10.7 Å². The molecule has 1 saturated heterocycles. The number of nitrogens with two attached hydrogens (primary N) is 1. The topological polar surface area (TPSA) is 136 Å². The molecule has 3 aromatic heterocycles. The number of benzene rings is 1. The Morgan fingerprint density at radius 2 is 2.10 bits per heavy atom. The van der Waals surface area contributed by atoms with Gasteiger partial charge in [-0.3, -0.25) is 23.3 Å². The lowest BCUT2D eigenvalue weighted by molar-refractivity contribution is -0.122. The zero-order valence-corrected chi connectivity index (χ0v) is 22.1. The first-order chi connectivity index (χ1) is 18.7. The van der Waals surface area contributed by atoms with Gasteiger partial charge in [-0.15, -0.1) is 5.92 Å². The van der Waals surface area contributed by atoms with Crippen LogP contribution in [-0.2, 0) is 24.9 Å². The van der Waals surface area contributed by atoms with Gasteiger partial charge in [0.05, 0.1) is 19.1 Å². The second-order valence-corrected chi connectivity index (χ2v) is 9.94. The number of aromatic nitrogens is 5.